The minimum atomic E-state index is 0.716. The molecule has 0 saturated carbocycles. The van der Waals surface area contributed by atoms with Gasteiger partial charge in [-0.3, -0.25) is 4.79 Å². The van der Waals surface area contributed by atoms with Crippen LogP contribution < -0.4 is 5.32 Å². The maximum absolute atomic E-state index is 9.90. The highest BCUT2D eigenvalue weighted by Crippen LogP contribution is 2.12. The number of rotatable bonds is 2. The largest absolute Gasteiger partial charge is 0.332 e. The van der Waals surface area contributed by atoms with Gasteiger partial charge >= 0.3 is 0 Å². The molecule has 1 aliphatic rings. The van der Waals surface area contributed by atoms with Gasteiger partial charge in [-0.1, -0.05) is 0 Å². The van der Waals surface area contributed by atoms with Gasteiger partial charge in [0, 0.05) is 5.70 Å². The predicted molar refractivity (Wildman–Crippen MR) is 34.4 cm³/mol. The molecule has 1 radical (unpaired) electrons. The monoisotopic (exact) mass is 124 g/mol. The van der Waals surface area contributed by atoms with Gasteiger partial charge in [-0.05, 0) is 31.8 Å². The van der Waals surface area contributed by atoms with E-state index < -0.39 is 0 Å². The highest BCUT2D eigenvalue weighted by molar-refractivity contribution is 5.49. The molecule has 0 unspecified atom stereocenters. The third kappa shape index (κ3) is 1.88. The molecule has 1 rings (SSSR count). The maximum Gasteiger partial charge on any atom is 0.211 e. The van der Waals surface area contributed by atoms with Gasteiger partial charge in [0.1, 0.15) is 0 Å². The van der Waals surface area contributed by atoms with Crippen LogP contribution in [0.15, 0.2) is 5.70 Å². The van der Waals surface area contributed by atoms with E-state index in [1.165, 1.54) is 12.8 Å². The van der Waals surface area contributed by atoms with Gasteiger partial charge in [0.25, 0.3) is 0 Å². The molecule has 2 heteroatoms. The number of carbonyl (C=O) groups is 1. The van der Waals surface area contributed by atoms with E-state index in [0.717, 1.165) is 18.5 Å². The topological polar surface area (TPSA) is 29.1 Å². The first-order valence-electron chi connectivity index (χ1n) is 3.23. The summed E-state index contributed by atoms with van der Waals surface area (Å²) in [5.74, 6) is 0. The molecule has 0 aromatic heterocycles. The van der Waals surface area contributed by atoms with E-state index in [1.807, 2.05) is 0 Å². The van der Waals surface area contributed by atoms with Crippen LogP contribution in [0.2, 0.25) is 0 Å². The van der Waals surface area contributed by atoms with Crippen LogP contribution >= 0.6 is 0 Å². The summed E-state index contributed by atoms with van der Waals surface area (Å²) in [6.45, 7) is 0. The summed E-state index contributed by atoms with van der Waals surface area (Å²) in [5.41, 5.74) is 0.969. The van der Waals surface area contributed by atoms with Crippen LogP contribution in [0.3, 0.4) is 0 Å². The van der Waals surface area contributed by atoms with E-state index in [0.29, 0.717) is 6.41 Å². The SMILES string of the molecule is O=CNC1=[C]CCCC1. The molecule has 0 aromatic carbocycles. The minimum Gasteiger partial charge on any atom is -0.332 e. The molecule has 0 aliphatic heterocycles. The van der Waals surface area contributed by atoms with E-state index in [4.69, 9.17) is 0 Å². The Bertz CT molecular complexity index is 129. The smallest absolute Gasteiger partial charge is 0.211 e. The summed E-state index contributed by atoms with van der Waals surface area (Å²) >= 11 is 0. The molecular formula is C7H10NO. The summed E-state index contributed by atoms with van der Waals surface area (Å²) < 4.78 is 0. The standard InChI is InChI=1S/C7H10NO/c9-6-8-7-4-2-1-3-5-7/h6H,1-4H2,(H,8,9). The van der Waals surface area contributed by atoms with Gasteiger partial charge in [0.05, 0.1) is 0 Å². The van der Waals surface area contributed by atoms with Crippen molar-refractivity contribution in [2.45, 2.75) is 25.7 Å². The van der Waals surface area contributed by atoms with Crippen LogP contribution in [-0.4, -0.2) is 6.41 Å². The Morgan fingerprint density at radius 1 is 1.56 bits per heavy atom. The summed E-state index contributed by atoms with van der Waals surface area (Å²) in [7, 11) is 0. The number of hydrogen-bond donors (Lipinski definition) is 1. The van der Waals surface area contributed by atoms with E-state index >= 15 is 0 Å². The lowest BCUT2D eigenvalue weighted by Crippen LogP contribution is -2.12. The zero-order valence-corrected chi connectivity index (χ0v) is 5.31. The van der Waals surface area contributed by atoms with Gasteiger partial charge in [0.2, 0.25) is 6.41 Å². The Kier molecular flexibility index (Phi) is 2.31. The zero-order chi connectivity index (χ0) is 6.53. The van der Waals surface area contributed by atoms with Crippen molar-refractivity contribution in [3.63, 3.8) is 0 Å². The van der Waals surface area contributed by atoms with Gasteiger partial charge in [0.15, 0.2) is 0 Å². The Labute approximate surface area is 54.9 Å². The van der Waals surface area contributed by atoms with E-state index in [9.17, 15) is 4.79 Å². The molecule has 1 aliphatic carbocycles. The number of allylic oxidation sites excluding steroid dienone is 2. The third-order valence-corrected chi connectivity index (χ3v) is 1.43. The van der Waals surface area contributed by atoms with Gasteiger partial charge in [-0.2, -0.15) is 0 Å². The van der Waals surface area contributed by atoms with Crippen molar-refractivity contribution in [2.24, 2.45) is 0 Å². The molecule has 1 N–H and O–H groups in total. The first-order chi connectivity index (χ1) is 4.43. The molecule has 0 aromatic rings. The van der Waals surface area contributed by atoms with Crippen molar-refractivity contribution < 1.29 is 4.79 Å². The second-order valence-electron chi connectivity index (χ2n) is 2.12. The normalized spacial score (nSPS) is 18.4. The Morgan fingerprint density at radius 2 is 2.44 bits per heavy atom. The molecule has 2 nitrogen and oxygen atoms in total. The van der Waals surface area contributed by atoms with E-state index in [2.05, 4.69) is 11.4 Å². The van der Waals surface area contributed by atoms with Crippen molar-refractivity contribution in [2.75, 3.05) is 0 Å². The Hall–Kier alpha value is -0.790. The maximum atomic E-state index is 9.90. The number of amides is 1. The van der Waals surface area contributed by atoms with Crippen LogP contribution in [0.4, 0.5) is 0 Å². The predicted octanol–water partition coefficient (Wildman–Crippen LogP) is 0.993. The van der Waals surface area contributed by atoms with Crippen molar-refractivity contribution >= 4 is 6.41 Å². The molecule has 9 heavy (non-hydrogen) atoms. The highest BCUT2D eigenvalue weighted by Gasteiger charge is 2.00. The van der Waals surface area contributed by atoms with Crippen LogP contribution in [0, 0.1) is 6.08 Å². The first-order valence-corrected chi connectivity index (χ1v) is 3.23. The van der Waals surface area contributed by atoms with Crippen molar-refractivity contribution in [1.82, 2.24) is 5.32 Å². The zero-order valence-electron chi connectivity index (χ0n) is 5.31. The molecule has 0 fully saturated rings. The highest BCUT2D eigenvalue weighted by atomic mass is 16.1. The van der Waals surface area contributed by atoms with Crippen LogP contribution in [0.1, 0.15) is 25.7 Å². The lowest BCUT2D eigenvalue weighted by atomic mass is 10.1. The van der Waals surface area contributed by atoms with Gasteiger partial charge in [-0.25, -0.2) is 0 Å². The first kappa shape index (κ1) is 6.33. The molecule has 1 amide bonds. The van der Waals surface area contributed by atoms with Crippen molar-refractivity contribution in [1.29, 1.82) is 0 Å². The Balaban J connectivity index is 2.36. The van der Waals surface area contributed by atoms with E-state index in [-0.39, 0.29) is 0 Å². The van der Waals surface area contributed by atoms with Gasteiger partial charge in [-0.15, -0.1) is 0 Å². The second-order valence-corrected chi connectivity index (χ2v) is 2.12. The number of hydrogen-bond acceptors (Lipinski definition) is 1. The summed E-state index contributed by atoms with van der Waals surface area (Å²) in [4.78, 5) is 9.90. The molecule has 0 spiro atoms. The lowest BCUT2D eigenvalue weighted by Gasteiger charge is -2.09. The molecule has 0 atom stereocenters. The summed E-state index contributed by atoms with van der Waals surface area (Å²) in [5, 5.41) is 2.61. The van der Waals surface area contributed by atoms with Gasteiger partial charge < -0.3 is 5.32 Å². The van der Waals surface area contributed by atoms with E-state index in [1.54, 1.807) is 0 Å². The summed E-state index contributed by atoms with van der Waals surface area (Å²) in [6.07, 6.45) is 8.19. The number of carbonyl (C=O) groups excluding carboxylic acids is 1. The quantitative estimate of drug-likeness (QED) is 0.546. The van der Waals surface area contributed by atoms with Crippen LogP contribution in [0.25, 0.3) is 0 Å². The van der Waals surface area contributed by atoms with Crippen molar-refractivity contribution in [3.05, 3.63) is 11.8 Å². The summed E-state index contributed by atoms with van der Waals surface area (Å²) in [6, 6.07) is 0. The lowest BCUT2D eigenvalue weighted by molar-refractivity contribution is -0.109. The molecule has 0 saturated heterocycles. The molecule has 0 heterocycles. The van der Waals surface area contributed by atoms with Crippen molar-refractivity contribution in [3.8, 4) is 0 Å². The van der Waals surface area contributed by atoms with Crippen LogP contribution in [0.5, 0.6) is 0 Å². The fourth-order valence-corrected chi connectivity index (χ4v) is 0.949. The fraction of sp³-hybridized carbons (Fsp3) is 0.571. The fourth-order valence-electron chi connectivity index (χ4n) is 0.949. The Morgan fingerprint density at radius 3 is 3.00 bits per heavy atom. The average Bonchev–Trinajstić information content (AvgIpc) is 1.91. The molecular weight excluding hydrogens is 114 g/mol. The second kappa shape index (κ2) is 3.28. The molecule has 0 bridgehead atoms. The average molecular weight is 124 g/mol. The third-order valence-electron chi connectivity index (χ3n) is 1.43. The van der Waals surface area contributed by atoms with Crippen LogP contribution in [-0.2, 0) is 4.79 Å². The number of nitrogens with one attached hydrogen (secondary N) is 1. The minimum absolute atomic E-state index is 0.716. The molecule has 49 valence electrons.